The van der Waals surface area contributed by atoms with E-state index in [0.717, 1.165) is 0 Å². The molecule has 416 valence electrons. The quantitative estimate of drug-likeness (QED) is 0.0685. The van der Waals surface area contributed by atoms with E-state index in [4.69, 9.17) is 37.9 Å². The summed E-state index contributed by atoms with van der Waals surface area (Å²) in [5.74, 6) is 2.29. The minimum atomic E-state index is -0.787. The topological polar surface area (TPSA) is 190 Å². The van der Waals surface area contributed by atoms with Gasteiger partial charge >= 0.3 is 24.4 Å². The maximum Gasteiger partial charge on any atom is 0.412 e. The first-order valence-corrected chi connectivity index (χ1v) is 26.7. The van der Waals surface area contributed by atoms with Crippen molar-refractivity contribution in [2.75, 3.05) is 47.7 Å². The summed E-state index contributed by atoms with van der Waals surface area (Å²) in [6, 6.07) is 15.0. The van der Waals surface area contributed by atoms with Crippen LogP contribution in [0.4, 0.5) is 41.9 Å². The molecule has 5 rings (SSSR count). The van der Waals surface area contributed by atoms with Gasteiger partial charge in [0.1, 0.15) is 45.4 Å². The van der Waals surface area contributed by atoms with E-state index in [2.05, 4.69) is 21.3 Å². The lowest BCUT2D eigenvalue weighted by Gasteiger charge is -2.26. The third-order valence-corrected chi connectivity index (χ3v) is 10.9. The summed E-state index contributed by atoms with van der Waals surface area (Å²) < 4.78 is 50.2. The van der Waals surface area contributed by atoms with Crippen LogP contribution in [0.15, 0.2) is 48.5 Å². The molecule has 0 aliphatic heterocycles. The summed E-state index contributed by atoms with van der Waals surface area (Å²) in [7, 11) is 0. The van der Waals surface area contributed by atoms with Crippen molar-refractivity contribution in [3.05, 3.63) is 93.0 Å². The van der Waals surface area contributed by atoms with Gasteiger partial charge in [0, 0.05) is 92.9 Å². The second-order valence-electron chi connectivity index (χ2n) is 23.1. The molecule has 16 nitrogen and oxygen atoms in total. The number of amides is 4. The van der Waals surface area contributed by atoms with Crippen molar-refractivity contribution in [2.24, 2.45) is 0 Å². The zero-order valence-electron chi connectivity index (χ0n) is 48.0. The third-order valence-electron chi connectivity index (χ3n) is 10.9. The lowest BCUT2D eigenvalue weighted by atomic mass is 9.90. The van der Waals surface area contributed by atoms with Crippen LogP contribution in [0.1, 0.15) is 181 Å². The molecule has 4 aromatic rings. The van der Waals surface area contributed by atoms with Crippen LogP contribution in [-0.4, -0.2) is 73.2 Å². The summed E-state index contributed by atoms with van der Waals surface area (Å²) >= 11 is 0. The zero-order valence-corrected chi connectivity index (χ0v) is 48.0. The number of hydrogen-bond donors (Lipinski definition) is 4. The second-order valence-corrected chi connectivity index (χ2v) is 23.1. The predicted molar refractivity (Wildman–Crippen MR) is 300 cm³/mol. The van der Waals surface area contributed by atoms with E-state index in [-0.39, 0.29) is 25.7 Å². The number of ether oxygens (including phenoxy) is 8. The highest BCUT2D eigenvalue weighted by Gasteiger charge is 2.28. The monoisotopic (exact) mass is 1050 g/mol. The van der Waals surface area contributed by atoms with Gasteiger partial charge in [-0.05, 0) is 157 Å². The summed E-state index contributed by atoms with van der Waals surface area (Å²) in [5.41, 5.74) is 4.21. The van der Waals surface area contributed by atoms with Gasteiger partial charge in [-0.3, -0.25) is 21.3 Å². The van der Waals surface area contributed by atoms with Crippen molar-refractivity contribution in [3.8, 4) is 23.0 Å². The van der Waals surface area contributed by atoms with E-state index in [9.17, 15) is 19.2 Å². The van der Waals surface area contributed by atoms with Crippen LogP contribution in [0.3, 0.4) is 0 Å². The fourth-order valence-corrected chi connectivity index (χ4v) is 8.42. The van der Waals surface area contributed by atoms with E-state index >= 15 is 0 Å². The van der Waals surface area contributed by atoms with Crippen molar-refractivity contribution >= 4 is 47.1 Å². The van der Waals surface area contributed by atoms with Crippen molar-refractivity contribution < 1.29 is 57.1 Å². The molecule has 0 fully saturated rings. The standard InChI is InChI=1S/C60H84N4O12/c1-17-21-69-49-37-25-39-31-46(62-54(66)74-58(8,9)10)33-41(50(39)70-22-18-2)27-43-35-48(64-56(68)76-60(14,15)16)36-44(52(43)72-24-20-4)28-42-34-47(63-55(67)75-59(11,12)13)32-40(51(42)71-23-19-3)26-38(49)30-45(29-37)61-53(65)73-57(5,6)7/h29-36H,17-28H2,1-16H3,(H,61,65)(H,62,66)(H,63,67)(H,64,68). The molecule has 1 aliphatic rings. The lowest BCUT2D eigenvalue weighted by Crippen LogP contribution is -2.27. The molecule has 16 heteroatoms. The van der Waals surface area contributed by atoms with Crippen LogP contribution >= 0.6 is 0 Å². The van der Waals surface area contributed by atoms with E-state index < -0.39 is 46.8 Å². The van der Waals surface area contributed by atoms with Gasteiger partial charge in [0.05, 0.1) is 26.4 Å². The lowest BCUT2D eigenvalue weighted by molar-refractivity contribution is 0.0624. The van der Waals surface area contributed by atoms with Gasteiger partial charge in [-0.2, -0.15) is 0 Å². The average molecular weight is 1050 g/mol. The Bertz CT molecular complexity index is 2230. The highest BCUT2D eigenvalue weighted by Crippen LogP contribution is 2.43. The second kappa shape index (κ2) is 25.8. The van der Waals surface area contributed by atoms with Crippen molar-refractivity contribution in [3.63, 3.8) is 0 Å². The average Bonchev–Trinajstić information content (AvgIpc) is 3.25. The molecule has 4 N–H and O–H groups in total. The first-order valence-electron chi connectivity index (χ1n) is 26.7. The molecule has 4 aromatic carbocycles. The number of carbonyl (C=O) groups is 4. The number of rotatable bonds is 16. The molecular weight excluding hydrogens is 969 g/mol. The highest BCUT2D eigenvalue weighted by molar-refractivity contribution is 5.88. The first-order chi connectivity index (χ1) is 35.5. The van der Waals surface area contributed by atoms with Crippen molar-refractivity contribution in [2.45, 2.75) is 185 Å². The normalized spacial score (nSPS) is 12.6. The summed E-state index contributed by atoms with van der Waals surface area (Å²) in [4.78, 5) is 54.5. The third kappa shape index (κ3) is 18.8. The molecule has 0 radical (unpaired) electrons. The minimum absolute atomic E-state index is 0.196. The fraction of sp³-hybridized carbons (Fsp3) is 0.533. The molecule has 0 heterocycles. The van der Waals surface area contributed by atoms with Crippen LogP contribution in [0.2, 0.25) is 0 Å². The molecule has 8 bridgehead atoms. The predicted octanol–water partition coefficient (Wildman–Crippen LogP) is 14.9. The van der Waals surface area contributed by atoms with Gasteiger partial charge in [-0.1, -0.05) is 27.7 Å². The van der Waals surface area contributed by atoms with Gasteiger partial charge < -0.3 is 37.9 Å². The van der Waals surface area contributed by atoms with Gasteiger partial charge in [-0.25, -0.2) is 19.2 Å². The molecule has 0 spiro atoms. The summed E-state index contributed by atoms with van der Waals surface area (Å²) in [6.07, 6.45) is 0.961. The van der Waals surface area contributed by atoms with Crippen LogP contribution in [-0.2, 0) is 44.6 Å². The Balaban J connectivity index is 1.98. The maximum atomic E-state index is 13.6. The Morgan fingerprint density at radius 3 is 0.618 bits per heavy atom. The number of benzene rings is 4. The van der Waals surface area contributed by atoms with Crippen LogP contribution in [0.5, 0.6) is 23.0 Å². The van der Waals surface area contributed by atoms with Crippen molar-refractivity contribution in [1.29, 1.82) is 0 Å². The Morgan fingerprint density at radius 2 is 0.487 bits per heavy atom. The van der Waals surface area contributed by atoms with Crippen LogP contribution < -0.4 is 40.2 Å². The molecule has 1 aliphatic carbocycles. The molecule has 0 aromatic heterocycles. The number of nitrogens with one attached hydrogen (secondary N) is 4. The van der Waals surface area contributed by atoms with Gasteiger partial charge in [-0.15, -0.1) is 0 Å². The molecular formula is C60H84N4O12. The summed E-state index contributed by atoms with van der Waals surface area (Å²) in [5, 5.41) is 12.0. The molecule has 0 unspecified atom stereocenters. The number of hydrogen-bond acceptors (Lipinski definition) is 12. The smallest absolute Gasteiger partial charge is 0.412 e. The van der Waals surface area contributed by atoms with Gasteiger partial charge in [0.2, 0.25) is 0 Å². The van der Waals surface area contributed by atoms with Gasteiger partial charge in [0.15, 0.2) is 0 Å². The number of carbonyl (C=O) groups excluding carboxylic acids is 4. The molecule has 76 heavy (non-hydrogen) atoms. The van der Waals surface area contributed by atoms with Crippen LogP contribution in [0.25, 0.3) is 0 Å². The van der Waals surface area contributed by atoms with E-state index in [1.165, 1.54) is 0 Å². The van der Waals surface area contributed by atoms with E-state index in [0.29, 0.717) is 142 Å². The van der Waals surface area contributed by atoms with Crippen LogP contribution in [0, 0.1) is 0 Å². The van der Waals surface area contributed by atoms with E-state index in [1.807, 2.05) is 76.2 Å². The Labute approximate surface area is 450 Å². The minimum Gasteiger partial charge on any atom is -0.493 e. The zero-order chi connectivity index (χ0) is 56.2. The molecule has 4 amide bonds. The Kier molecular flexibility index (Phi) is 20.4. The number of fused-ring (bicyclic) bond motifs is 8. The van der Waals surface area contributed by atoms with E-state index in [1.54, 1.807) is 83.1 Å². The van der Waals surface area contributed by atoms with Crippen molar-refractivity contribution in [1.82, 2.24) is 0 Å². The SMILES string of the molecule is CCCOc1c2cc(NC(=O)OC(C)(C)C)cc1Cc1cc(NC(=O)OC(C)(C)C)cc(c1OCCC)Cc1cc(NC(=O)OC(C)(C)C)cc(c1OCCC)Cc1cc(NC(=O)OC(C)(C)C)cc(c1OCCC)C2. The fourth-order valence-electron chi connectivity index (χ4n) is 8.42. The Hall–Kier alpha value is -6.84. The summed E-state index contributed by atoms with van der Waals surface area (Å²) in [6.45, 7) is 31.2. The molecule has 0 saturated heterocycles. The van der Waals surface area contributed by atoms with Gasteiger partial charge in [0.25, 0.3) is 0 Å². The first kappa shape index (κ1) is 60.0. The Morgan fingerprint density at radius 1 is 0.329 bits per heavy atom. The maximum absolute atomic E-state index is 13.6. The highest BCUT2D eigenvalue weighted by atomic mass is 16.6. The number of anilines is 4. The largest absolute Gasteiger partial charge is 0.493 e. The molecule has 0 atom stereocenters. The molecule has 0 saturated carbocycles.